The van der Waals surface area contributed by atoms with Crippen molar-refractivity contribution in [3.8, 4) is 32.8 Å². The lowest BCUT2D eigenvalue weighted by Gasteiger charge is -2.27. The second-order valence-electron chi connectivity index (χ2n) is 12.8. The molecule has 0 aliphatic rings. The van der Waals surface area contributed by atoms with Gasteiger partial charge in [-0.1, -0.05) is 141 Å². The summed E-state index contributed by atoms with van der Waals surface area (Å²) in [6, 6.07) is 56.2. The number of fused-ring (bicyclic) bond motifs is 3. The molecule has 0 aliphatic carbocycles. The van der Waals surface area contributed by atoms with Gasteiger partial charge in [-0.05, 0) is 76.2 Å². The Morgan fingerprint density at radius 1 is 0.547 bits per heavy atom. The molecular weight excluding hydrogens is 683 g/mol. The highest BCUT2D eigenvalue weighted by Gasteiger charge is 2.19. The summed E-state index contributed by atoms with van der Waals surface area (Å²) in [5.41, 5.74) is 11.9. The molecule has 9 aromatic rings. The fourth-order valence-electron chi connectivity index (χ4n) is 6.83. The molecule has 0 radical (unpaired) electrons. The second kappa shape index (κ2) is 14.0. The minimum atomic E-state index is 0.871. The monoisotopic (exact) mass is 715 g/mol. The maximum atomic E-state index is 5.01. The van der Waals surface area contributed by atoms with Crippen LogP contribution in [0, 0.1) is 0 Å². The van der Waals surface area contributed by atoms with Crippen molar-refractivity contribution in [2.24, 2.45) is 0 Å². The first-order valence-corrected chi connectivity index (χ1v) is 19.1. The van der Waals surface area contributed by atoms with E-state index in [1.165, 1.54) is 32.2 Å². The van der Waals surface area contributed by atoms with Crippen LogP contribution in [0.25, 0.3) is 69.6 Å². The Kier molecular flexibility index (Phi) is 8.56. The molecule has 0 spiro atoms. The van der Waals surface area contributed by atoms with Crippen LogP contribution in [0.3, 0.4) is 0 Å². The molecule has 7 aromatic carbocycles. The smallest absolute Gasteiger partial charge is 0.124 e. The van der Waals surface area contributed by atoms with Crippen LogP contribution >= 0.6 is 22.7 Å². The number of benzene rings is 7. The van der Waals surface area contributed by atoms with E-state index in [4.69, 9.17) is 9.97 Å². The summed E-state index contributed by atoms with van der Waals surface area (Å²) in [7, 11) is 0. The van der Waals surface area contributed by atoms with Gasteiger partial charge in [0.15, 0.2) is 0 Å². The van der Waals surface area contributed by atoms with Crippen LogP contribution in [0.5, 0.6) is 0 Å². The number of allylic oxidation sites excluding steroid dienone is 4. The van der Waals surface area contributed by atoms with Crippen molar-refractivity contribution in [3.63, 3.8) is 0 Å². The highest BCUT2D eigenvalue weighted by Crippen LogP contribution is 2.44. The van der Waals surface area contributed by atoms with Gasteiger partial charge in [-0.2, -0.15) is 0 Å². The van der Waals surface area contributed by atoms with Gasteiger partial charge in [0, 0.05) is 27.9 Å². The van der Waals surface area contributed by atoms with Gasteiger partial charge in [0.05, 0.1) is 26.1 Å². The van der Waals surface area contributed by atoms with E-state index in [1.54, 1.807) is 28.7 Å². The minimum absolute atomic E-state index is 0.871. The Morgan fingerprint density at radius 3 is 2.02 bits per heavy atom. The van der Waals surface area contributed by atoms with E-state index in [9.17, 15) is 0 Å². The van der Waals surface area contributed by atoms with Crippen LogP contribution in [0.4, 0.5) is 17.1 Å². The zero-order valence-corrected chi connectivity index (χ0v) is 30.4. The molecule has 0 saturated carbocycles. The van der Waals surface area contributed by atoms with Crippen molar-refractivity contribution < 1.29 is 0 Å². The Labute approximate surface area is 316 Å². The van der Waals surface area contributed by atoms with E-state index in [1.807, 2.05) is 18.2 Å². The van der Waals surface area contributed by atoms with Crippen LogP contribution in [0.15, 0.2) is 189 Å². The van der Waals surface area contributed by atoms with Gasteiger partial charge in [0.1, 0.15) is 10.0 Å². The Balaban J connectivity index is 1.15. The third kappa shape index (κ3) is 6.27. The molecule has 53 heavy (non-hydrogen) atoms. The van der Waals surface area contributed by atoms with Crippen molar-refractivity contribution in [1.29, 1.82) is 0 Å². The van der Waals surface area contributed by atoms with Crippen LogP contribution in [-0.2, 0) is 0 Å². The first kappa shape index (κ1) is 32.5. The number of aromatic nitrogens is 2. The van der Waals surface area contributed by atoms with Crippen LogP contribution in [0.2, 0.25) is 0 Å². The van der Waals surface area contributed by atoms with Crippen molar-refractivity contribution >= 4 is 76.5 Å². The third-order valence-electron chi connectivity index (χ3n) is 9.43. The van der Waals surface area contributed by atoms with Crippen molar-refractivity contribution in [1.82, 2.24) is 9.97 Å². The zero-order chi connectivity index (χ0) is 35.7. The second-order valence-corrected chi connectivity index (χ2v) is 14.8. The average Bonchev–Trinajstić information content (AvgIpc) is 3.85. The summed E-state index contributed by atoms with van der Waals surface area (Å²) in [6.07, 6.45) is 5.61. The fourth-order valence-corrected chi connectivity index (χ4v) is 8.74. The van der Waals surface area contributed by atoms with Gasteiger partial charge in [0.2, 0.25) is 0 Å². The third-order valence-corrected chi connectivity index (χ3v) is 11.6. The van der Waals surface area contributed by atoms with E-state index in [0.717, 1.165) is 59.5 Å². The minimum Gasteiger partial charge on any atom is -0.310 e. The van der Waals surface area contributed by atoms with Crippen LogP contribution in [0.1, 0.15) is 5.01 Å². The van der Waals surface area contributed by atoms with Gasteiger partial charge in [-0.25, -0.2) is 9.97 Å². The summed E-state index contributed by atoms with van der Waals surface area (Å²) < 4.78 is 2.29. The molecule has 0 N–H and O–H groups in total. The molecule has 9 rings (SSSR count). The van der Waals surface area contributed by atoms with E-state index in [0.29, 0.717) is 0 Å². The van der Waals surface area contributed by atoms with E-state index in [-0.39, 0.29) is 0 Å². The fraction of sp³-hybridized carbons (Fsp3) is 0. The molecule has 0 amide bonds. The lowest BCUT2D eigenvalue weighted by atomic mass is 9.96. The molecular formula is C48H33N3S2. The van der Waals surface area contributed by atoms with Gasteiger partial charge in [-0.3, -0.25) is 0 Å². The first-order chi connectivity index (χ1) is 26.1. The number of anilines is 3. The SMILES string of the molecule is C=C/C=C\C(=C)c1nc2cc(N(c3ccc(-c4ccc5nc(-c6ccccc6)sc5c4)cc3)c3ccc(-c4ccccc4)c4ccccc34)ccc2s1. The highest BCUT2D eigenvalue weighted by atomic mass is 32.1. The standard InChI is InChI=1S/C48H33N3S2/c1-3-4-13-32(2)47-50-43-31-38(25-29-45(43)52-47)51(44-28-26-39(34-14-7-5-8-15-34)40-18-11-12-19-41(40)44)37-23-20-33(21-24-37)36-22-27-42-46(30-36)53-48(49-42)35-16-9-6-10-17-35/h3-31H,1-2H2/b13-4-. The Hall–Kier alpha value is -6.40. The predicted octanol–water partition coefficient (Wildman–Crippen LogP) is 14.3. The number of thiazole rings is 2. The molecule has 0 aliphatic heterocycles. The van der Waals surface area contributed by atoms with E-state index >= 15 is 0 Å². The van der Waals surface area contributed by atoms with Crippen LogP contribution in [-0.4, -0.2) is 9.97 Å². The summed E-state index contributed by atoms with van der Waals surface area (Å²) in [6.45, 7) is 8.04. The maximum absolute atomic E-state index is 5.01. The number of hydrogen-bond donors (Lipinski definition) is 0. The van der Waals surface area contributed by atoms with E-state index < -0.39 is 0 Å². The van der Waals surface area contributed by atoms with Gasteiger partial charge in [-0.15, -0.1) is 22.7 Å². The highest BCUT2D eigenvalue weighted by molar-refractivity contribution is 7.21. The summed E-state index contributed by atoms with van der Waals surface area (Å²) in [5, 5.41) is 4.31. The molecule has 0 atom stereocenters. The van der Waals surface area contributed by atoms with Crippen molar-refractivity contribution in [2.75, 3.05) is 4.90 Å². The number of rotatable bonds is 9. The summed E-state index contributed by atoms with van der Waals surface area (Å²) in [5.74, 6) is 0. The molecule has 252 valence electrons. The summed E-state index contributed by atoms with van der Waals surface area (Å²) >= 11 is 3.38. The molecule has 0 unspecified atom stereocenters. The predicted molar refractivity (Wildman–Crippen MR) is 230 cm³/mol. The normalized spacial score (nSPS) is 11.5. The zero-order valence-electron chi connectivity index (χ0n) is 28.8. The largest absolute Gasteiger partial charge is 0.310 e. The van der Waals surface area contributed by atoms with Gasteiger partial charge in [0.25, 0.3) is 0 Å². The van der Waals surface area contributed by atoms with E-state index in [2.05, 4.69) is 170 Å². The van der Waals surface area contributed by atoms with Gasteiger partial charge < -0.3 is 4.90 Å². The molecule has 0 bridgehead atoms. The van der Waals surface area contributed by atoms with Crippen molar-refractivity contribution in [2.45, 2.75) is 0 Å². The molecule has 2 heterocycles. The topological polar surface area (TPSA) is 29.0 Å². The van der Waals surface area contributed by atoms with Gasteiger partial charge >= 0.3 is 0 Å². The lowest BCUT2D eigenvalue weighted by molar-refractivity contribution is 1.30. The van der Waals surface area contributed by atoms with Crippen LogP contribution < -0.4 is 4.90 Å². The Morgan fingerprint density at radius 2 is 1.25 bits per heavy atom. The van der Waals surface area contributed by atoms with Crippen molar-refractivity contribution in [3.05, 3.63) is 194 Å². The summed E-state index contributed by atoms with van der Waals surface area (Å²) in [4.78, 5) is 12.3. The molecule has 3 nitrogen and oxygen atoms in total. The molecule has 2 aromatic heterocycles. The molecule has 5 heteroatoms. The molecule has 0 fully saturated rings. The first-order valence-electron chi connectivity index (χ1n) is 17.5. The quantitative estimate of drug-likeness (QED) is 0.139. The number of nitrogens with zero attached hydrogens (tertiary/aromatic N) is 3. The maximum Gasteiger partial charge on any atom is 0.124 e. The lowest BCUT2D eigenvalue weighted by Crippen LogP contribution is -2.10. The molecule has 0 saturated heterocycles. The average molecular weight is 716 g/mol. The number of hydrogen-bond acceptors (Lipinski definition) is 5. The Bertz CT molecular complexity index is 2810.